The molecule has 3 rings (SSSR count). The molecule has 0 saturated heterocycles. The molecule has 0 aliphatic heterocycles. The second kappa shape index (κ2) is 5.23. The number of nitrogens with one attached hydrogen (secondary N) is 1. The smallest absolute Gasteiger partial charge is 0.0450 e. The molecule has 1 aliphatic carbocycles. The molecule has 1 nitrogen and oxygen atoms in total. The van der Waals surface area contributed by atoms with E-state index in [9.17, 15) is 0 Å². The SMILES string of the molecule is CC1(C)Cc2ccccc2C1NCc1ccccc1Cl. The zero-order chi connectivity index (χ0) is 14.2. The summed E-state index contributed by atoms with van der Waals surface area (Å²) in [7, 11) is 0. The third-order valence-corrected chi connectivity index (χ3v) is 4.62. The van der Waals surface area contributed by atoms with Gasteiger partial charge in [0.15, 0.2) is 0 Å². The Hall–Kier alpha value is -1.31. The van der Waals surface area contributed by atoms with Gasteiger partial charge in [0, 0.05) is 17.6 Å². The summed E-state index contributed by atoms with van der Waals surface area (Å²) in [6, 6.07) is 17.2. The van der Waals surface area contributed by atoms with Gasteiger partial charge in [0.2, 0.25) is 0 Å². The fraction of sp³-hybridized carbons (Fsp3) is 0.333. The zero-order valence-electron chi connectivity index (χ0n) is 12.0. The Morgan fingerprint density at radius 3 is 2.60 bits per heavy atom. The van der Waals surface area contributed by atoms with Crippen molar-refractivity contribution >= 4 is 11.6 Å². The second-order valence-corrected chi connectivity index (χ2v) is 6.68. The van der Waals surface area contributed by atoms with Crippen LogP contribution in [0.5, 0.6) is 0 Å². The summed E-state index contributed by atoms with van der Waals surface area (Å²) in [4.78, 5) is 0. The van der Waals surface area contributed by atoms with E-state index in [0.29, 0.717) is 6.04 Å². The number of hydrogen-bond donors (Lipinski definition) is 1. The highest BCUT2D eigenvalue weighted by molar-refractivity contribution is 6.31. The van der Waals surface area contributed by atoms with E-state index in [1.807, 2.05) is 18.2 Å². The molecule has 0 aromatic heterocycles. The summed E-state index contributed by atoms with van der Waals surface area (Å²) in [6.45, 7) is 5.47. The van der Waals surface area contributed by atoms with Crippen molar-refractivity contribution in [2.24, 2.45) is 5.41 Å². The molecule has 0 heterocycles. The minimum atomic E-state index is 0.241. The van der Waals surface area contributed by atoms with Crippen LogP contribution >= 0.6 is 11.6 Å². The molecule has 0 saturated carbocycles. The van der Waals surface area contributed by atoms with Crippen LogP contribution in [0.3, 0.4) is 0 Å². The van der Waals surface area contributed by atoms with Crippen molar-refractivity contribution in [3.8, 4) is 0 Å². The Morgan fingerprint density at radius 1 is 1.10 bits per heavy atom. The van der Waals surface area contributed by atoms with Crippen LogP contribution in [0.1, 0.15) is 36.6 Å². The molecule has 20 heavy (non-hydrogen) atoms. The normalized spacial score (nSPS) is 19.9. The van der Waals surface area contributed by atoms with E-state index < -0.39 is 0 Å². The van der Waals surface area contributed by atoms with E-state index in [1.165, 1.54) is 11.1 Å². The highest BCUT2D eigenvalue weighted by Gasteiger charge is 2.38. The first-order valence-corrected chi connectivity index (χ1v) is 7.50. The Bertz CT molecular complexity index is 618. The third kappa shape index (κ3) is 2.48. The predicted octanol–water partition coefficient (Wildman–Crippen LogP) is 4.75. The molecule has 1 N–H and O–H groups in total. The maximum Gasteiger partial charge on any atom is 0.0450 e. The van der Waals surface area contributed by atoms with Gasteiger partial charge in [-0.25, -0.2) is 0 Å². The molecule has 2 aromatic rings. The molecular formula is C18H20ClN. The third-order valence-electron chi connectivity index (χ3n) is 4.25. The van der Waals surface area contributed by atoms with Crippen molar-refractivity contribution in [1.29, 1.82) is 0 Å². The lowest BCUT2D eigenvalue weighted by atomic mass is 9.85. The molecular weight excluding hydrogens is 266 g/mol. The minimum absolute atomic E-state index is 0.241. The van der Waals surface area contributed by atoms with Gasteiger partial charge in [-0.3, -0.25) is 0 Å². The van der Waals surface area contributed by atoms with Gasteiger partial charge in [0.25, 0.3) is 0 Å². The molecule has 2 aromatic carbocycles. The quantitative estimate of drug-likeness (QED) is 0.858. The Balaban J connectivity index is 1.82. The van der Waals surface area contributed by atoms with Crippen LogP contribution in [0.15, 0.2) is 48.5 Å². The van der Waals surface area contributed by atoms with E-state index in [1.54, 1.807) is 0 Å². The van der Waals surface area contributed by atoms with E-state index in [0.717, 1.165) is 23.6 Å². The van der Waals surface area contributed by atoms with Gasteiger partial charge < -0.3 is 5.32 Å². The first-order valence-electron chi connectivity index (χ1n) is 7.12. The Morgan fingerprint density at radius 2 is 1.80 bits per heavy atom. The largest absolute Gasteiger partial charge is 0.305 e. The van der Waals surface area contributed by atoms with Crippen LogP contribution < -0.4 is 5.32 Å². The van der Waals surface area contributed by atoms with Crippen LogP contribution in [-0.4, -0.2) is 0 Å². The summed E-state index contributed by atoms with van der Waals surface area (Å²) in [5.41, 5.74) is 4.30. The zero-order valence-corrected chi connectivity index (χ0v) is 12.7. The van der Waals surface area contributed by atoms with Crippen molar-refractivity contribution in [2.45, 2.75) is 32.9 Å². The van der Waals surface area contributed by atoms with E-state index in [-0.39, 0.29) is 5.41 Å². The highest BCUT2D eigenvalue weighted by atomic mass is 35.5. The fourth-order valence-electron chi connectivity index (χ4n) is 3.23. The topological polar surface area (TPSA) is 12.0 Å². The molecule has 1 unspecified atom stereocenters. The minimum Gasteiger partial charge on any atom is -0.305 e. The maximum atomic E-state index is 6.24. The van der Waals surface area contributed by atoms with Gasteiger partial charge in [0.1, 0.15) is 0 Å². The Kier molecular flexibility index (Phi) is 3.57. The van der Waals surface area contributed by atoms with Crippen LogP contribution in [0.25, 0.3) is 0 Å². The summed E-state index contributed by atoms with van der Waals surface area (Å²) >= 11 is 6.24. The predicted molar refractivity (Wildman–Crippen MR) is 85.0 cm³/mol. The highest BCUT2D eigenvalue weighted by Crippen LogP contribution is 2.45. The molecule has 2 heteroatoms. The van der Waals surface area contributed by atoms with Crippen molar-refractivity contribution in [3.63, 3.8) is 0 Å². The van der Waals surface area contributed by atoms with Crippen LogP contribution in [0.4, 0.5) is 0 Å². The fourth-order valence-corrected chi connectivity index (χ4v) is 3.43. The summed E-state index contributed by atoms with van der Waals surface area (Å²) in [6.07, 6.45) is 1.13. The lowest BCUT2D eigenvalue weighted by Gasteiger charge is -2.29. The first-order chi connectivity index (χ1) is 9.58. The lowest BCUT2D eigenvalue weighted by molar-refractivity contribution is 0.268. The van der Waals surface area contributed by atoms with Crippen molar-refractivity contribution in [2.75, 3.05) is 0 Å². The van der Waals surface area contributed by atoms with E-state index >= 15 is 0 Å². The van der Waals surface area contributed by atoms with Gasteiger partial charge in [-0.2, -0.15) is 0 Å². The van der Waals surface area contributed by atoms with Gasteiger partial charge in [0.05, 0.1) is 0 Å². The van der Waals surface area contributed by atoms with Gasteiger partial charge in [-0.15, -0.1) is 0 Å². The van der Waals surface area contributed by atoms with Gasteiger partial charge in [-0.1, -0.05) is 67.9 Å². The molecule has 1 atom stereocenters. The van der Waals surface area contributed by atoms with Crippen LogP contribution in [0, 0.1) is 5.41 Å². The standard InChI is InChI=1S/C18H20ClN/c1-18(2)11-13-7-3-5-9-15(13)17(18)20-12-14-8-4-6-10-16(14)19/h3-10,17,20H,11-12H2,1-2H3. The van der Waals surface area contributed by atoms with Crippen molar-refractivity contribution < 1.29 is 0 Å². The van der Waals surface area contributed by atoms with E-state index in [2.05, 4.69) is 49.5 Å². The average Bonchev–Trinajstić information content (AvgIpc) is 2.68. The van der Waals surface area contributed by atoms with Crippen molar-refractivity contribution in [1.82, 2.24) is 5.32 Å². The van der Waals surface area contributed by atoms with Gasteiger partial charge in [-0.05, 0) is 34.6 Å². The first kappa shape index (κ1) is 13.7. The molecule has 0 bridgehead atoms. The summed E-state index contributed by atoms with van der Waals surface area (Å²) < 4.78 is 0. The second-order valence-electron chi connectivity index (χ2n) is 6.27. The molecule has 0 radical (unpaired) electrons. The lowest BCUT2D eigenvalue weighted by Crippen LogP contribution is -2.30. The Labute approximate surface area is 126 Å². The van der Waals surface area contributed by atoms with Crippen LogP contribution in [-0.2, 0) is 13.0 Å². The number of halogens is 1. The molecule has 0 amide bonds. The van der Waals surface area contributed by atoms with E-state index in [4.69, 9.17) is 11.6 Å². The molecule has 1 aliphatic rings. The number of benzene rings is 2. The number of fused-ring (bicyclic) bond motifs is 1. The number of rotatable bonds is 3. The monoisotopic (exact) mass is 285 g/mol. The van der Waals surface area contributed by atoms with Crippen LogP contribution in [0.2, 0.25) is 5.02 Å². The average molecular weight is 286 g/mol. The summed E-state index contributed by atoms with van der Waals surface area (Å²) in [5, 5.41) is 4.54. The molecule has 0 fully saturated rings. The summed E-state index contributed by atoms with van der Waals surface area (Å²) in [5.74, 6) is 0. The number of hydrogen-bond acceptors (Lipinski definition) is 1. The van der Waals surface area contributed by atoms with Gasteiger partial charge >= 0.3 is 0 Å². The maximum absolute atomic E-state index is 6.24. The molecule has 0 spiro atoms. The molecule has 104 valence electrons. The van der Waals surface area contributed by atoms with Crippen molar-refractivity contribution in [3.05, 3.63) is 70.2 Å².